The Kier molecular flexibility index (Phi) is 5.31. The van der Waals surface area contributed by atoms with Crippen molar-refractivity contribution in [3.05, 3.63) is 39.4 Å². The van der Waals surface area contributed by atoms with Gasteiger partial charge >= 0.3 is 11.7 Å². The zero-order chi connectivity index (χ0) is 16.2. The second kappa shape index (κ2) is 6.57. The van der Waals surface area contributed by atoms with E-state index in [1.54, 1.807) is 13.8 Å². The lowest BCUT2D eigenvalue weighted by Gasteiger charge is -2.22. The molecule has 0 aliphatic rings. The van der Waals surface area contributed by atoms with Gasteiger partial charge in [0.2, 0.25) is 5.82 Å². The molecule has 1 aromatic rings. The molecule has 1 rings (SSSR count). The van der Waals surface area contributed by atoms with Crippen LogP contribution in [0.1, 0.15) is 30.6 Å². The number of hydrogen-bond acceptors (Lipinski definition) is 5. The summed E-state index contributed by atoms with van der Waals surface area (Å²) < 4.78 is 36.8. The van der Waals surface area contributed by atoms with E-state index in [2.05, 4.69) is 0 Å². The predicted molar refractivity (Wildman–Crippen MR) is 69.0 cm³/mol. The Balaban J connectivity index is 2.86. The molecule has 0 aromatic heterocycles. The van der Waals surface area contributed by atoms with E-state index in [4.69, 9.17) is 9.47 Å². The average molecular weight is 303 g/mol. The van der Waals surface area contributed by atoms with E-state index in [1.807, 2.05) is 0 Å². The predicted octanol–water partition coefficient (Wildman–Crippen LogP) is 2.84. The number of nitro benzene ring substituents is 1. The summed E-state index contributed by atoms with van der Waals surface area (Å²) in [6, 6.07) is 0.965. The Morgan fingerprint density at radius 1 is 1.38 bits per heavy atom. The maximum Gasteiger partial charge on any atom is 0.341 e. The summed E-state index contributed by atoms with van der Waals surface area (Å²) in [5, 5.41) is 10.6. The zero-order valence-electron chi connectivity index (χ0n) is 11.8. The average Bonchev–Trinajstić information content (AvgIpc) is 2.40. The third kappa shape index (κ3) is 4.45. The number of rotatable bonds is 6. The van der Waals surface area contributed by atoms with Crippen LogP contribution in [0.3, 0.4) is 0 Å². The van der Waals surface area contributed by atoms with Gasteiger partial charge in [-0.2, -0.15) is 4.39 Å². The zero-order valence-corrected chi connectivity index (χ0v) is 11.8. The summed E-state index contributed by atoms with van der Waals surface area (Å²) in [7, 11) is 1.48. The van der Waals surface area contributed by atoms with E-state index in [0.29, 0.717) is 18.6 Å². The van der Waals surface area contributed by atoms with Gasteiger partial charge in [-0.3, -0.25) is 10.1 Å². The third-order valence-electron chi connectivity index (χ3n) is 2.92. The number of halogens is 2. The molecule has 0 amide bonds. The van der Waals surface area contributed by atoms with Crippen LogP contribution in [0.25, 0.3) is 0 Å². The fourth-order valence-electron chi connectivity index (χ4n) is 1.43. The molecule has 21 heavy (non-hydrogen) atoms. The first-order valence-electron chi connectivity index (χ1n) is 6.03. The molecule has 0 N–H and O–H groups in total. The van der Waals surface area contributed by atoms with Crippen molar-refractivity contribution >= 4 is 11.7 Å². The number of hydrogen-bond donors (Lipinski definition) is 0. The van der Waals surface area contributed by atoms with Crippen LogP contribution in [-0.4, -0.2) is 30.2 Å². The molecule has 6 nitrogen and oxygen atoms in total. The van der Waals surface area contributed by atoms with Crippen LogP contribution in [0.5, 0.6) is 0 Å². The van der Waals surface area contributed by atoms with Crippen molar-refractivity contribution in [3.63, 3.8) is 0 Å². The topological polar surface area (TPSA) is 78.7 Å². The lowest BCUT2D eigenvalue weighted by molar-refractivity contribution is -0.387. The van der Waals surface area contributed by atoms with Crippen molar-refractivity contribution < 1.29 is 28.0 Å². The molecule has 0 unspecified atom stereocenters. The quantitative estimate of drug-likeness (QED) is 0.458. The Bertz CT molecular complexity index is 560. The first kappa shape index (κ1) is 17.0. The Hall–Kier alpha value is -2.09. The van der Waals surface area contributed by atoms with Gasteiger partial charge in [0.05, 0.1) is 23.2 Å². The lowest BCUT2D eigenvalue weighted by Crippen LogP contribution is -2.25. The molecule has 0 saturated carbocycles. The Morgan fingerprint density at radius 2 is 2.00 bits per heavy atom. The van der Waals surface area contributed by atoms with Gasteiger partial charge in [-0.25, -0.2) is 9.18 Å². The number of carbonyl (C=O) groups excluding carboxylic acids is 1. The lowest BCUT2D eigenvalue weighted by atomic mass is 10.1. The highest BCUT2D eigenvalue weighted by Gasteiger charge is 2.25. The molecule has 0 aliphatic heterocycles. The molecular weight excluding hydrogens is 288 g/mol. The molecule has 8 heteroatoms. The van der Waals surface area contributed by atoms with E-state index >= 15 is 0 Å². The molecule has 0 heterocycles. The largest absolute Gasteiger partial charge is 0.462 e. The molecule has 1 aromatic carbocycles. The monoisotopic (exact) mass is 303 g/mol. The standard InChI is InChI=1S/C13H15F2NO5/c1-13(2,20-3)4-5-21-12(17)9-6-8(14)7-10(11(9)15)16(18)19/h6-7H,4-5H2,1-3H3. The fourth-order valence-corrected chi connectivity index (χ4v) is 1.43. The van der Waals surface area contributed by atoms with E-state index < -0.39 is 39.4 Å². The Labute approximate surface area is 119 Å². The number of nitrogens with zero attached hydrogens (tertiary/aromatic N) is 1. The summed E-state index contributed by atoms with van der Waals surface area (Å²) >= 11 is 0. The van der Waals surface area contributed by atoms with Crippen LogP contribution in [0.2, 0.25) is 0 Å². The van der Waals surface area contributed by atoms with Crippen molar-refractivity contribution in [3.8, 4) is 0 Å². The second-order valence-electron chi connectivity index (χ2n) is 4.89. The van der Waals surface area contributed by atoms with Gasteiger partial charge in [-0.1, -0.05) is 0 Å². The van der Waals surface area contributed by atoms with Gasteiger partial charge in [0.25, 0.3) is 0 Å². The second-order valence-corrected chi connectivity index (χ2v) is 4.89. The van der Waals surface area contributed by atoms with E-state index in [9.17, 15) is 23.7 Å². The van der Waals surface area contributed by atoms with Crippen LogP contribution < -0.4 is 0 Å². The smallest absolute Gasteiger partial charge is 0.341 e. The number of methoxy groups -OCH3 is 1. The molecule has 0 fully saturated rings. The minimum Gasteiger partial charge on any atom is -0.462 e. The van der Waals surface area contributed by atoms with Crippen molar-refractivity contribution in [2.24, 2.45) is 0 Å². The van der Waals surface area contributed by atoms with Crippen molar-refractivity contribution in [2.75, 3.05) is 13.7 Å². The van der Waals surface area contributed by atoms with Gasteiger partial charge in [0.1, 0.15) is 11.4 Å². The van der Waals surface area contributed by atoms with Crippen LogP contribution in [-0.2, 0) is 9.47 Å². The summed E-state index contributed by atoms with van der Waals surface area (Å²) in [5.74, 6) is -3.67. The number of nitro groups is 1. The van der Waals surface area contributed by atoms with Crippen LogP contribution in [0, 0.1) is 21.7 Å². The summed E-state index contributed by atoms with van der Waals surface area (Å²) in [4.78, 5) is 21.1. The highest BCUT2D eigenvalue weighted by Crippen LogP contribution is 2.23. The van der Waals surface area contributed by atoms with Crippen molar-refractivity contribution in [2.45, 2.75) is 25.9 Å². The molecular formula is C13H15F2NO5. The minimum atomic E-state index is -1.42. The Morgan fingerprint density at radius 3 is 2.52 bits per heavy atom. The van der Waals surface area contributed by atoms with Gasteiger partial charge in [0, 0.05) is 13.5 Å². The number of esters is 1. The molecule has 0 spiro atoms. The summed E-state index contributed by atoms with van der Waals surface area (Å²) in [6.07, 6.45) is 0.328. The summed E-state index contributed by atoms with van der Waals surface area (Å²) in [6.45, 7) is 3.42. The first-order chi connectivity index (χ1) is 9.68. The summed E-state index contributed by atoms with van der Waals surface area (Å²) in [5.41, 5.74) is -2.47. The van der Waals surface area contributed by atoms with Gasteiger partial charge in [-0.15, -0.1) is 0 Å². The highest BCUT2D eigenvalue weighted by molar-refractivity contribution is 5.90. The maximum atomic E-state index is 13.7. The third-order valence-corrected chi connectivity index (χ3v) is 2.92. The van der Waals surface area contributed by atoms with E-state index in [0.717, 1.165) is 0 Å². The maximum absolute atomic E-state index is 13.7. The fraction of sp³-hybridized carbons (Fsp3) is 0.462. The normalized spacial score (nSPS) is 11.3. The van der Waals surface area contributed by atoms with Crippen LogP contribution in [0.4, 0.5) is 14.5 Å². The van der Waals surface area contributed by atoms with Crippen molar-refractivity contribution in [1.82, 2.24) is 0 Å². The van der Waals surface area contributed by atoms with Crippen LogP contribution >= 0.6 is 0 Å². The van der Waals surface area contributed by atoms with Gasteiger partial charge < -0.3 is 9.47 Å². The molecule has 0 aliphatic carbocycles. The van der Waals surface area contributed by atoms with E-state index in [-0.39, 0.29) is 6.61 Å². The van der Waals surface area contributed by atoms with Crippen LogP contribution in [0.15, 0.2) is 12.1 Å². The first-order valence-corrected chi connectivity index (χ1v) is 6.03. The molecule has 0 radical (unpaired) electrons. The molecule has 116 valence electrons. The van der Waals surface area contributed by atoms with Crippen molar-refractivity contribution in [1.29, 1.82) is 0 Å². The number of benzene rings is 1. The van der Waals surface area contributed by atoms with E-state index in [1.165, 1.54) is 7.11 Å². The molecule has 0 saturated heterocycles. The SMILES string of the molecule is COC(C)(C)CCOC(=O)c1cc(F)cc([N+](=O)[O-])c1F. The van der Waals surface area contributed by atoms with Gasteiger partial charge in [0.15, 0.2) is 0 Å². The minimum absolute atomic E-state index is 0.0938. The highest BCUT2D eigenvalue weighted by atomic mass is 19.1. The van der Waals surface area contributed by atoms with Gasteiger partial charge in [-0.05, 0) is 19.9 Å². The molecule has 0 bridgehead atoms. The molecule has 0 atom stereocenters. The number of ether oxygens (including phenoxy) is 2. The number of carbonyl (C=O) groups is 1.